The third-order valence-corrected chi connectivity index (χ3v) is 3.74. The van der Waals surface area contributed by atoms with Gasteiger partial charge in [0.25, 0.3) is 5.91 Å². The van der Waals surface area contributed by atoms with Crippen molar-refractivity contribution in [2.75, 3.05) is 12.4 Å². The highest BCUT2D eigenvalue weighted by Crippen LogP contribution is 2.21. The average molecular weight is 276 g/mol. The zero-order valence-electron chi connectivity index (χ0n) is 11.2. The van der Waals surface area contributed by atoms with Crippen molar-refractivity contribution >= 4 is 22.4 Å². The van der Waals surface area contributed by atoms with Gasteiger partial charge in [0, 0.05) is 17.6 Å². The van der Waals surface area contributed by atoms with Gasteiger partial charge < -0.3 is 4.74 Å². The SMILES string of the molecule is COCc1cccc(C(=O)Nc2nc(C)c(C)s2)c1. The predicted molar refractivity (Wildman–Crippen MR) is 76.7 cm³/mol. The Morgan fingerprint density at radius 3 is 2.84 bits per heavy atom. The number of hydrogen-bond donors (Lipinski definition) is 1. The number of nitrogens with zero attached hydrogens (tertiary/aromatic N) is 1. The van der Waals surface area contributed by atoms with Crippen molar-refractivity contribution in [3.8, 4) is 0 Å². The summed E-state index contributed by atoms with van der Waals surface area (Å²) in [6.07, 6.45) is 0. The van der Waals surface area contributed by atoms with Crippen LogP contribution in [0.25, 0.3) is 0 Å². The van der Waals surface area contributed by atoms with Crippen LogP contribution in [-0.4, -0.2) is 18.0 Å². The second-order valence-electron chi connectivity index (χ2n) is 4.25. The maximum Gasteiger partial charge on any atom is 0.257 e. The van der Waals surface area contributed by atoms with Gasteiger partial charge >= 0.3 is 0 Å². The van der Waals surface area contributed by atoms with Crippen molar-refractivity contribution in [2.45, 2.75) is 20.5 Å². The smallest absolute Gasteiger partial charge is 0.257 e. The van der Waals surface area contributed by atoms with E-state index in [1.54, 1.807) is 13.2 Å². The Labute approximate surface area is 116 Å². The second kappa shape index (κ2) is 5.95. The maximum atomic E-state index is 12.1. The number of nitrogens with one attached hydrogen (secondary N) is 1. The van der Waals surface area contributed by atoms with E-state index in [0.29, 0.717) is 17.3 Å². The summed E-state index contributed by atoms with van der Waals surface area (Å²) in [6, 6.07) is 7.38. The van der Waals surface area contributed by atoms with Crippen molar-refractivity contribution in [3.05, 3.63) is 46.0 Å². The molecule has 0 spiro atoms. The predicted octanol–water partition coefficient (Wildman–Crippen LogP) is 3.16. The molecule has 0 bridgehead atoms. The van der Waals surface area contributed by atoms with Crippen LogP contribution in [0.5, 0.6) is 0 Å². The molecule has 1 amide bonds. The largest absolute Gasteiger partial charge is 0.380 e. The minimum Gasteiger partial charge on any atom is -0.380 e. The van der Waals surface area contributed by atoms with Crippen LogP contribution in [0.3, 0.4) is 0 Å². The molecule has 2 aromatic rings. The number of aromatic nitrogens is 1. The Kier molecular flexibility index (Phi) is 4.29. The van der Waals surface area contributed by atoms with Crippen molar-refractivity contribution in [1.82, 2.24) is 4.98 Å². The third-order valence-electron chi connectivity index (χ3n) is 2.75. The Balaban J connectivity index is 2.13. The van der Waals surface area contributed by atoms with E-state index in [9.17, 15) is 4.79 Å². The zero-order valence-corrected chi connectivity index (χ0v) is 12.0. The normalized spacial score (nSPS) is 10.5. The highest BCUT2D eigenvalue weighted by Gasteiger charge is 2.10. The lowest BCUT2D eigenvalue weighted by Gasteiger charge is -2.04. The zero-order chi connectivity index (χ0) is 13.8. The van der Waals surface area contributed by atoms with Gasteiger partial charge in [-0.15, -0.1) is 11.3 Å². The van der Waals surface area contributed by atoms with E-state index in [-0.39, 0.29) is 5.91 Å². The summed E-state index contributed by atoms with van der Waals surface area (Å²) >= 11 is 1.48. The van der Waals surface area contributed by atoms with Crippen LogP contribution in [0, 0.1) is 13.8 Å². The van der Waals surface area contributed by atoms with Gasteiger partial charge in [0.2, 0.25) is 0 Å². The van der Waals surface area contributed by atoms with Gasteiger partial charge in [0.05, 0.1) is 12.3 Å². The summed E-state index contributed by atoms with van der Waals surface area (Å²) in [6.45, 7) is 4.42. The molecule has 0 fully saturated rings. The summed E-state index contributed by atoms with van der Waals surface area (Å²) in [5.74, 6) is -0.147. The lowest BCUT2D eigenvalue weighted by Crippen LogP contribution is -2.12. The van der Waals surface area contributed by atoms with Gasteiger partial charge in [-0.2, -0.15) is 0 Å². The molecule has 1 aromatic carbocycles. The fourth-order valence-corrected chi connectivity index (χ4v) is 2.47. The molecule has 4 nitrogen and oxygen atoms in total. The van der Waals surface area contributed by atoms with Gasteiger partial charge in [0.1, 0.15) is 0 Å². The summed E-state index contributed by atoms with van der Waals surface area (Å²) in [4.78, 5) is 17.5. The van der Waals surface area contributed by atoms with Crippen LogP contribution in [0.15, 0.2) is 24.3 Å². The number of thiazole rings is 1. The molecule has 1 aromatic heterocycles. The highest BCUT2D eigenvalue weighted by atomic mass is 32.1. The molecule has 2 rings (SSSR count). The van der Waals surface area contributed by atoms with Crippen molar-refractivity contribution in [3.63, 3.8) is 0 Å². The van der Waals surface area contributed by atoms with E-state index in [2.05, 4.69) is 10.3 Å². The number of hydrogen-bond acceptors (Lipinski definition) is 4. The number of benzene rings is 1. The lowest BCUT2D eigenvalue weighted by molar-refractivity contribution is 0.102. The molecule has 100 valence electrons. The van der Waals surface area contributed by atoms with Gasteiger partial charge in [0.15, 0.2) is 5.13 Å². The molecule has 0 aliphatic rings. The fraction of sp³-hybridized carbons (Fsp3) is 0.286. The number of aryl methyl sites for hydroxylation is 2. The number of anilines is 1. The fourth-order valence-electron chi connectivity index (χ4n) is 1.66. The van der Waals surface area contributed by atoms with Gasteiger partial charge in [-0.05, 0) is 31.5 Å². The molecule has 0 saturated carbocycles. The Morgan fingerprint density at radius 2 is 2.21 bits per heavy atom. The minimum absolute atomic E-state index is 0.147. The molecular weight excluding hydrogens is 260 g/mol. The molecule has 19 heavy (non-hydrogen) atoms. The molecular formula is C14H16N2O2S. The van der Waals surface area contributed by atoms with Gasteiger partial charge in [-0.25, -0.2) is 4.98 Å². The number of rotatable bonds is 4. The van der Waals surface area contributed by atoms with E-state index in [1.165, 1.54) is 11.3 Å². The Bertz CT molecular complexity index is 573. The monoisotopic (exact) mass is 276 g/mol. The number of ether oxygens (including phenoxy) is 1. The summed E-state index contributed by atoms with van der Waals surface area (Å²) < 4.78 is 5.06. The summed E-state index contributed by atoms with van der Waals surface area (Å²) in [5.41, 5.74) is 2.54. The molecule has 0 radical (unpaired) electrons. The molecule has 1 N–H and O–H groups in total. The number of carbonyl (C=O) groups is 1. The molecule has 5 heteroatoms. The highest BCUT2D eigenvalue weighted by molar-refractivity contribution is 7.15. The lowest BCUT2D eigenvalue weighted by atomic mass is 10.1. The van der Waals surface area contributed by atoms with Crippen LogP contribution >= 0.6 is 11.3 Å². The first-order valence-corrected chi connectivity index (χ1v) is 6.75. The molecule has 0 aliphatic carbocycles. The minimum atomic E-state index is -0.147. The topological polar surface area (TPSA) is 51.2 Å². The molecule has 0 saturated heterocycles. The Hall–Kier alpha value is -1.72. The van der Waals surface area contributed by atoms with Crippen LogP contribution in [0.2, 0.25) is 0 Å². The van der Waals surface area contributed by atoms with E-state index in [0.717, 1.165) is 16.1 Å². The first-order chi connectivity index (χ1) is 9.10. The van der Waals surface area contributed by atoms with Crippen LogP contribution in [0.4, 0.5) is 5.13 Å². The third kappa shape index (κ3) is 3.39. The van der Waals surface area contributed by atoms with E-state index in [4.69, 9.17) is 4.74 Å². The number of amides is 1. The van der Waals surface area contributed by atoms with Crippen molar-refractivity contribution < 1.29 is 9.53 Å². The van der Waals surface area contributed by atoms with E-state index in [1.807, 2.05) is 32.0 Å². The molecule has 0 aliphatic heterocycles. The van der Waals surface area contributed by atoms with Gasteiger partial charge in [-0.3, -0.25) is 10.1 Å². The summed E-state index contributed by atoms with van der Waals surface area (Å²) in [7, 11) is 1.63. The average Bonchev–Trinajstić information content (AvgIpc) is 2.69. The standard InChI is InChI=1S/C14H16N2O2S/c1-9-10(2)19-14(15-9)16-13(17)12-6-4-5-11(7-12)8-18-3/h4-7H,8H2,1-3H3,(H,15,16,17). The van der Waals surface area contributed by atoms with Gasteiger partial charge in [-0.1, -0.05) is 12.1 Å². The summed E-state index contributed by atoms with van der Waals surface area (Å²) in [5, 5.41) is 3.45. The quantitative estimate of drug-likeness (QED) is 0.933. The number of methoxy groups -OCH3 is 1. The second-order valence-corrected chi connectivity index (χ2v) is 5.45. The van der Waals surface area contributed by atoms with Crippen LogP contribution in [-0.2, 0) is 11.3 Å². The van der Waals surface area contributed by atoms with E-state index < -0.39 is 0 Å². The molecule has 0 unspecified atom stereocenters. The molecule has 0 atom stereocenters. The molecule has 1 heterocycles. The first kappa shape index (κ1) is 13.7. The Morgan fingerprint density at radius 1 is 1.42 bits per heavy atom. The van der Waals surface area contributed by atoms with E-state index >= 15 is 0 Å². The van der Waals surface area contributed by atoms with Crippen LogP contribution in [0.1, 0.15) is 26.5 Å². The van der Waals surface area contributed by atoms with Crippen molar-refractivity contribution in [2.24, 2.45) is 0 Å². The maximum absolute atomic E-state index is 12.1. The van der Waals surface area contributed by atoms with Crippen LogP contribution < -0.4 is 5.32 Å². The van der Waals surface area contributed by atoms with Crippen molar-refractivity contribution in [1.29, 1.82) is 0 Å². The first-order valence-electron chi connectivity index (χ1n) is 5.93. The number of carbonyl (C=O) groups excluding carboxylic acids is 1.